The molecule has 2 aromatic carbocycles. The molecule has 1 aliphatic rings. The number of aliphatic hydroxyl groups is 1. The standard InChI is InChI=1S/C22H24Cl2N2O6/c1-30-17-7-6-14(9-19(17)31-2)26-11-13(8-20(26)28)22(29)25-10-15(27)12-32-18-5-3-4-16(23)21(18)24/h3-7,9,13,15,27H,8,10-12H2,1-2H3,(H,25,29). The summed E-state index contributed by atoms with van der Waals surface area (Å²) in [5, 5.41) is 13.4. The number of anilines is 1. The first kappa shape index (κ1) is 24.0. The Morgan fingerprint density at radius 3 is 2.66 bits per heavy atom. The molecule has 2 aromatic rings. The molecular weight excluding hydrogens is 459 g/mol. The third-order valence-electron chi connectivity index (χ3n) is 5.03. The van der Waals surface area contributed by atoms with Crippen LogP contribution in [0.15, 0.2) is 36.4 Å². The highest BCUT2D eigenvalue weighted by Gasteiger charge is 2.35. The van der Waals surface area contributed by atoms with Crippen molar-refractivity contribution in [2.45, 2.75) is 12.5 Å². The van der Waals surface area contributed by atoms with E-state index in [1.165, 1.54) is 19.1 Å². The average molecular weight is 483 g/mol. The van der Waals surface area contributed by atoms with Crippen molar-refractivity contribution in [1.29, 1.82) is 0 Å². The van der Waals surface area contributed by atoms with E-state index in [4.69, 9.17) is 37.4 Å². The van der Waals surface area contributed by atoms with Gasteiger partial charge in [-0.25, -0.2) is 0 Å². The van der Waals surface area contributed by atoms with Crippen molar-refractivity contribution in [1.82, 2.24) is 5.32 Å². The van der Waals surface area contributed by atoms with Gasteiger partial charge in [0.05, 0.1) is 25.2 Å². The first-order chi connectivity index (χ1) is 15.3. The Labute approximate surface area is 196 Å². The highest BCUT2D eigenvalue weighted by atomic mass is 35.5. The molecule has 2 N–H and O–H groups in total. The number of halogens is 2. The van der Waals surface area contributed by atoms with Gasteiger partial charge in [0.15, 0.2) is 11.5 Å². The predicted molar refractivity (Wildman–Crippen MR) is 121 cm³/mol. The number of nitrogens with zero attached hydrogens (tertiary/aromatic N) is 1. The van der Waals surface area contributed by atoms with Crippen molar-refractivity contribution in [3.63, 3.8) is 0 Å². The van der Waals surface area contributed by atoms with Crippen molar-refractivity contribution in [2.24, 2.45) is 5.92 Å². The Bertz CT molecular complexity index is 987. The zero-order chi connectivity index (χ0) is 23.3. The van der Waals surface area contributed by atoms with Gasteiger partial charge in [0.2, 0.25) is 11.8 Å². The van der Waals surface area contributed by atoms with Crippen LogP contribution in [0.3, 0.4) is 0 Å². The molecule has 32 heavy (non-hydrogen) atoms. The molecular formula is C22H24Cl2N2O6. The quantitative estimate of drug-likeness (QED) is 0.570. The van der Waals surface area contributed by atoms with E-state index in [0.717, 1.165) is 0 Å². The molecule has 0 bridgehead atoms. The van der Waals surface area contributed by atoms with Crippen LogP contribution in [0.25, 0.3) is 0 Å². The van der Waals surface area contributed by atoms with Crippen molar-refractivity contribution < 1.29 is 28.9 Å². The molecule has 1 aliphatic heterocycles. The zero-order valence-corrected chi connectivity index (χ0v) is 19.2. The van der Waals surface area contributed by atoms with Crippen LogP contribution in [0.1, 0.15) is 6.42 Å². The van der Waals surface area contributed by atoms with Crippen LogP contribution in [0.2, 0.25) is 10.0 Å². The Hall–Kier alpha value is -2.68. The fraction of sp³-hybridized carbons (Fsp3) is 0.364. The zero-order valence-electron chi connectivity index (χ0n) is 17.6. The minimum atomic E-state index is -0.965. The first-order valence-electron chi connectivity index (χ1n) is 9.89. The largest absolute Gasteiger partial charge is 0.493 e. The Morgan fingerprint density at radius 2 is 1.94 bits per heavy atom. The highest BCUT2D eigenvalue weighted by Crippen LogP contribution is 2.34. The lowest BCUT2D eigenvalue weighted by Gasteiger charge is -2.19. The summed E-state index contributed by atoms with van der Waals surface area (Å²) < 4.78 is 16.0. The Balaban J connectivity index is 1.52. The fourth-order valence-corrected chi connectivity index (χ4v) is 3.68. The molecule has 2 amide bonds. The number of hydrogen-bond acceptors (Lipinski definition) is 6. The maximum absolute atomic E-state index is 12.5. The molecule has 3 rings (SSSR count). The SMILES string of the molecule is COc1ccc(N2CC(C(=O)NCC(O)COc3cccc(Cl)c3Cl)CC2=O)cc1OC. The number of ether oxygens (including phenoxy) is 3. The second-order valence-electron chi connectivity index (χ2n) is 7.21. The molecule has 0 aromatic heterocycles. The second kappa shape index (κ2) is 10.8. The molecule has 1 saturated heterocycles. The number of carbonyl (C=O) groups excluding carboxylic acids is 2. The van der Waals surface area contributed by atoms with E-state index >= 15 is 0 Å². The predicted octanol–water partition coefficient (Wildman–Crippen LogP) is 2.92. The molecule has 0 aliphatic carbocycles. The number of nitrogens with one attached hydrogen (secondary N) is 1. The molecule has 1 fully saturated rings. The first-order valence-corrected chi connectivity index (χ1v) is 10.6. The molecule has 172 valence electrons. The van der Waals surface area contributed by atoms with Gasteiger partial charge in [0.25, 0.3) is 0 Å². The van der Waals surface area contributed by atoms with Gasteiger partial charge in [-0.05, 0) is 24.3 Å². The fourth-order valence-electron chi connectivity index (χ4n) is 3.33. The summed E-state index contributed by atoms with van der Waals surface area (Å²) >= 11 is 12.0. The number of amides is 2. The van der Waals surface area contributed by atoms with E-state index in [2.05, 4.69) is 5.32 Å². The maximum atomic E-state index is 12.5. The van der Waals surface area contributed by atoms with E-state index in [-0.39, 0.29) is 43.0 Å². The average Bonchev–Trinajstić information content (AvgIpc) is 3.19. The monoisotopic (exact) mass is 482 g/mol. The van der Waals surface area contributed by atoms with Crippen molar-refractivity contribution in [3.8, 4) is 17.2 Å². The summed E-state index contributed by atoms with van der Waals surface area (Å²) in [6.07, 6.45) is -0.890. The summed E-state index contributed by atoms with van der Waals surface area (Å²) in [5.41, 5.74) is 0.620. The molecule has 10 heteroatoms. The number of benzene rings is 2. The van der Waals surface area contributed by atoms with Crippen molar-refractivity contribution >= 4 is 40.7 Å². The van der Waals surface area contributed by atoms with Crippen LogP contribution in [0.4, 0.5) is 5.69 Å². The van der Waals surface area contributed by atoms with Crippen LogP contribution in [-0.2, 0) is 9.59 Å². The summed E-state index contributed by atoms with van der Waals surface area (Å²) in [7, 11) is 3.04. The van der Waals surface area contributed by atoms with Crippen LogP contribution in [-0.4, -0.2) is 56.9 Å². The Kier molecular flexibility index (Phi) is 8.06. The van der Waals surface area contributed by atoms with Crippen LogP contribution < -0.4 is 24.4 Å². The third kappa shape index (κ3) is 5.56. The van der Waals surface area contributed by atoms with Crippen molar-refractivity contribution in [2.75, 3.05) is 38.8 Å². The summed E-state index contributed by atoms with van der Waals surface area (Å²) in [6, 6.07) is 10.1. The molecule has 0 spiro atoms. The van der Waals surface area contributed by atoms with E-state index in [0.29, 0.717) is 28.0 Å². The summed E-state index contributed by atoms with van der Waals surface area (Å²) in [4.78, 5) is 26.6. The number of methoxy groups -OCH3 is 2. The van der Waals surface area contributed by atoms with Crippen LogP contribution >= 0.6 is 23.2 Å². The third-order valence-corrected chi connectivity index (χ3v) is 5.84. The molecule has 2 atom stereocenters. The van der Waals surface area contributed by atoms with E-state index in [1.807, 2.05) is 0 Å². The van der Waals surface area contributed by atoms with E-state index < -0.39 is 12.0 Å². The van der Waals surface area contributed by atoms with Gasteiger partial charge in [0, 0.05) is 31.3 Å². The highest BCUT2D eigenvalue weighted by molar-refractivity contribution is 6.42. The normalized spacial score (nSPS) is 16.6. The van der Waals surface area contributed by atoms with Crippen molar-refractivity contribution in [3.05, 3.63) is 46.4 Å². The number of rotatable bonds is 9. The smallest absolute Gasteiger partial charge is 0.227 e. The van der Waals surface area contributed by atoms with E-state index in [9.17, 15) is 14.7 Å². The minimum Gasteiger partial charge on any atom is -0.493 e. The minimum absolute atomic E-state index is 0.0297. The van der Waals surface area contributed by atoms with Crippen LogP contribution in [0.5, 0.6) is 17.2 Å². The summed E-state index contributed by atoms with van der Waals surface area (Å²) in [5.74, 6) is 0.363. The molecule has 0 radical (unpaired) electrons. The van der Waals surface area contributed by atoms with Gasteiger partial charge in [-0.3, -0.25) is 9.59 Å². The number of carbonyl (C=O) groups is 2. The lowest BCUT2D eigenvalue weighted by Crippen LogP contribution is -2.39. The second-order valence-corrected chi connectivity index (χ2v) is 7.99. The molecule has 8 nitrogen and oxygen atoms in total. The van der Waals surface area contributed by atoms with Gasteiger partial charge in [-0.15, -0.1) is 0 Å². The van der Waals surface area contributed by atoms with Crippen LogP contribution in [0, 0.1) is 5.92 Å². The topological polar surface area (TPSA) is 97.3 Å². The van der Waals surface area contributed by atoms with Gasteiger partial charge in [-0.2, -0.15) is 0 Å². The van der Waals surface area contributed by atoms with Gasteiger partial charge < -0.3 is 29.5 Å². The summed E-state index contributed by atoms with van der Waals surface area (Å²) in [6.45, 7) is 0.116. The molecule has 2 unspecified atom stereocenters. The lowest BCUT2D eigenvalue weighted by atomic mass is 10.1. The van der Waals surface area contributed by atoms with E-state index in [1.54, 1.807) is 36.4 Å². The van der Waals surface area contributed by atoms with Gasteiger partial charge in [0.1, 0.15) is 23.5 Å². The number of aliphatic hydroxyl groups excluding tert-OH is 1. The van der Waals surface area contributed by atoms with Gasteiger partial charge >= 0.3 is 0 Å². The van der Waals surface area contributed by atoms with Gasteiger partial charge in [-0.1, -0.05) is 29.3 Å². The maximum Gasteiger partial charge on any atom is 0.227 e. The number of hydrogen-bond donors (Lipinski definition) is 2. The lowest BCUT2D eigenvalue weighted by molar-refractivity contribution is -0.126. The molecule has 0 saturated carbocycles. The Morgan fingerprint density at radius 1 is 1.19 bits per heavy atom. The molecule has 1 heterocycles.